The first-order valence-electron chi connectivity index (χ1n) is 5.49. The summed E-state index contributed by atoms with van der Waals surface area (Å²) in [6, 6.07) is 14.2. The third-order valence-electron chi connectivity index (χ3n) is 2.72. The molecule has 1 unspecified atom stereocenters. The molecule has 2 aromatic rings. The molecule has 1 N–H and O–H groups in total. The first-order valence-corrected chi connectivity index (χ1v) is 5.49. The van der Waals surface area contributed by atoms with E-state index in [9.17, 15) is 5.11 Å². The third kappa shape index (κ3) is 2.23. The van der Waals surface area contributed by atoms with Gasteiger partial charge in [-0.25, -0.2) is 0 Å². The fourth-order valence-corrected chi connectivity index (χ4v) is 1.99. The highest BCUT2D eigenvalue weighted by molar-refractivity contribution is 5.85. The molecule has 0 saturated heterocycles. The lowest BCUT2D eigenvalue weighted by Gasteiger charge is -2.17. The number of nitrogens with zero attached hydrogens (tertiary/aromatic N) is 1. The Morgan fingerprint density at radius 3 is 2.50 bits per heavy atom. The Balaban J connectivity index is 2.44. The summed E-state index contributed by atoms with van der Waals surface area (Å²) in [6.45, 7) is 0.647. The van der Waals surface area contributed by atoms with Crippen LogP contribution in [0.25, 0.3) is 10.8 Å². The van der Waals surface area contributed by atoms with E-state index in [1.165, 1.54) is 5.39 Å². The van der Waals surface area contributed by atoms with Gasteiger partial charge in [-0.05, 0) is 30.4 Å². The molecule has 0 heterocycles. The fourth-order valence-electron chi connectivity index (χ4n) is 1.99. The van der Waals surface area contributed by atoms with Crippen LogP contribution < -0.4 is 0 Å². The Bertz CT molecular complexity index is 474. The molecule has 0 aliphatic heterocycles. The monoisotopic (exact) mass is 215 g/mol. The van der Waals surface area contributed by atoms with E-state index >= 15 is 0 Å². The third-order valence-corrected chi connectivity index (χ3v) is 2.72. The number of rotatable bonds is 3. The van der Waals surface area contributed by atoms with Gasteiger partial charge in [0.1, 0.15) is 0 Å². The van der Waals surface area contributed by atoms with E-state index in [2.05, 4.69) is 18.2 Å². The Morgan fingerprint density at radius 1 is 1.06 bits per heavy atom. The zero-order valence-corrected chi connectivity index (χ0v) is 9.72. The van der Waals surface area contributed by atoms with Gasteiger partial charge in [-0.2, -0.15) is 0 Å². The van der Waals surface area contributed by atoms with Crippen molar-refractivity contribution in [3.05, 3.63) is 48.0 Å². The summed E-state index contributed by atoms with van der Waals surface area (Å²) in [4.78, 5) is 1.99. The maximum Gasteiger partial charge on any atom is 0.0922 e. The molecule has 16 heavy (non-hydrogen) atoms. The average Bonchev–Trinajstić information content (AvgIpc) is 2.27. The molecule has 2 nitrogen and oxygen atoms in total. The van der Waals surface area contributed by atoms with Gasteiger partial charge in [-0.3, -0.25) is 0 Å². The van der Waals surface area contributed by atoms with Gasteiger partial charge in [0.2, 0.25) is 0 Å². The van der Waals surface area contributed by atoms with E-state index in [1.807, 2.05) is 43.3 Å². The molecule has 0 aliphatic carbocycles. The second-order valence-electron chi connectivity index (χ2n) is 4.35. The number of aliphatic hydroxyl groups is 1. The topological polar surface area (TPSA) is 23.5 Å². The molecule has 2 aromatic carbocycles. The van der Waals surface area contributed by atoms with Crippen LogP contribution in [-0.4, -0.2) is 30.6 Å². The van der Waals surface area contributed by atoms with Gasteiger partial charge < -0.3 is 10.0 Å². The molecule has 2 heteroatoms. The summed E-state index contributed by atoms with van der Waals surface area (Å²) >= 11 is 0. The predicted octanol–water partition coefficient (Wildman–Crippen LogP) is 2.43. The zero-order valence-electron chi connectivity index (χ0n) is 9.72. The number of hydrogen-bond acceptors (Lipinski definition) is 2. The van der Waals surface area contributed by atoms with E-state index < -0.39 is 6.10 Å². The number of hydrogen-bond donors (Lipinski definition) is 1. The molecule has 0 spiro atoms. The van der Waals surface area contributed by atoms with Crippen molar-refractivity contribution in [2.45, 2.75) is 6.10 Å². The predicted molar refractivity (Wildman–Crippen MR) is 67.5 cm³/mol. The van der Waals surface area contributed by atoms with E-state index in [4.69, 9.17) is 0 Å². The van der Waals surface area contributed by atoms with E-state index in [1.54, 1.807) is 0 Å². The summed E-state index contributed by atoms with van der Waals surface area (Å²) in [7, 11) is 3.93. The van der Waals surface area contributed by atoms with Gasteiger partial charge >= 0.3 is 0 Å². The minimum atomic E-state index is -0.430. The SMILES string of the molecule is CN(C)CC(O)c1cccc2ccccc12. The average molecular weight is 215 g/mol. The summed E-state index contributed by atoms with van der Waals surface area (Å²) in [5.41, 5.74) is 1.01. The summed E-state index contributed by atoms with van der Waals surface area (Å²) in [5, 5.41) is 12.5. The van der Waals surface area contributed by atoms with Crippen LogP contribution in [0.2, 0.25) is 0 Å². The molecular formula is C14H17NO. The maximum atomic E-state index is 10.1. The second-order valence-corrected chi connectivity index (χ2v) is 4.35. The van der Waals surface area contributed by atoms with Crippen LogP contribution in [0.15, 0.2) is 42.5 Å². The quantitative estimate of drug-likeness (QED) is 0.850. The molecule has 0 amide bonds. The highest BCUT2D eigenvalue weighted by Gasteiger charge is 2.11. The smallest absolute Gasteiger partial charge is 0.0922 e. The van der Waals surface area contributed by atoms with Crippen LogP contribution in [0.3, 0.4) is 0 Å². The number of fused-ring (bicyclic) bond motifs is 1. The second kappa shape index (κ2) is 4.64. The number of likely N-dealkylation sites (N-methyl/N-ethyl adjacent to an activating group) is 1. The Hall–Kier alpha value is -1.38. The summed E-state index contributed by atoms with van der Waals surface area (Å²) < 4.78 is 0. The molecule has 0 bridgehead atoms. The van der Waals surface area contributed by atoms with Crippen LogP contribution >= 0.6 is 0 Å². The molecule has 0 aromatic heterocycles. The molecular weight excluding hydrogens is 198 g/mol. The van der Waals surface area contributed by atoms with Gasteiger partial charge in [0.05, 0.1) is 6.10 Å². The molecule has 0 radical (unpaired) electrons. The van der Waals surface area contributed by atoms with E-state index in [-0.39, 0.29) is 0 Å². The highest BCUT2D eigenvalue weighted by Crippen LogP contribution is 2.24. The van der Waals surface area contributed by atoms with Crippen LogP contribution in [0.4, 0.5) is 0 Å². The fraction of sp³-hybridized carbons (Fsp3) is 0.286. The first-order chi connectivity index (χ1) is 7.68. The van der Waals surface area contributed by atoms with Gasteiger partial charge in [-0.15, -0.1) is 0 Å². The van der Waals surface area contributed by atoms with Crippen LogP contribution in [0.5, 0.6) is 0 Å². The lowest BCUT2D eigenvalue weighted by atomic mass is 10.0. The molecule has 0 fully saturated rings. The van der Waals surface area contributed by atoms with Crippen molar-refractivity contribution in [2.24, 2.45) is 0 Å². The van der Waals surface area contributed by atoms with E-state index in [0.717, 1.165) is 10.9 Å². The first kappa shape index (κ1) is 11.1. The van der Waals surface area contributed by atoms with Gasteiger partial charge in [-0.1, -0.05) is 42.5 Å². The van der Waals surface area contributed by atoms with E-state index in [0.29, 0.717) is 6.54 Å². The summed E-state index contributed by atoms with van der Waals surface area (Å²) in [6.07, 6.45) is -0.430. The largest absolute Gasteiger partial charge is 0.387 e. The van der Waals surface area contributed by atoms with Gasteiger partial charge in [0.25, 0.3) is 0 Å². The zero-order chi connectivity index (χ0) is 11.5. The van der Waals surface area contributed by atoms with Crippen molar-refractivity contribution < 1.29 is 5.11 Å². The standard InChI is InChI=1S/C14H17NO/c1-15(2)10-14(16)13-9-5-7-11-6-3-4-8-12(11)13/h3-9,14,16H,10H2,1-2H3. The van der Waals surface area contributed by atoms with Crippen molar-refractivity contribution in [1.82, 2.24) is 4.90 Å². The minimum absolute atomic E-state index is 0.430. The normalized spacial score (nSPS) is 13.2. The Labute approximate surface area is 96.1 Å². The molecule has 0 saturated carbocycles. The van der Waals surface area contributed by atoms with Crippen molar-refractivity contribution in [2.75, 3.05) is 20.6 Å². The summed E-state index contributed by atoms with van der Waals surface area (Å²) in [5.74, 6) is 0. The lowest BCUT2D eigenvalue weighted by molar-refractivity contribution is 0.140. The molecule has 0 aliphatic rings. The van der Waals surface area contributed by atoms with Crippen molar-refractivity contribution in [3.63, 3.8) is 0 Å². The van der Waals surface area contributed by atoms with Crippen molar-refractivity contribution in [3.8, 4) is 0 Å². The van der Waals surface area contributed by atoms with Crippen LogP contribution in [-0.2, 0) is 0 Å². The Kier molecular flexibility index (Phi) is 3.22. The number of aliphatic hydroxyl groups excluding tert-OH is 1. The van der Waals surface area contributed by atoms with Crippen molar-refractivity contribution >= 4 is 10.8 Å². The molecule has 84 valence electrons. The maximum absolute atomic E-state index is 10.1. The van der Waals surface area contributed by atoms with Gasteiger partial charge in [0, 0.05) is 6.54 Å². The molecule has 1 atom stereocenters. The molecule has 2 rings (SSSR count). The number of benzene rings is 2. The van der Waals surface area contributed by atoms with Crippen molar-refractivity contribution in [1.29, 1.82) is 0 Å². The van der Waals surface area contributed by atoms with Crippen LogP contribution in [0.1, 0.15) is 11.7 Å². The Morgan fingerprint density at radius 2 is 1.75 bits per heavy atom. The minimum Gasteiger partial charge on any atom is -0.387 e. The van der Waals surface area contributed by atoms with Crippen LogP contribution in [0, 0.1) is 0 Å². The van der Waals surface area contributed by atoms with Gasteiger partial charge in [0.15, 0.2) is 0 Å². The lowest BCUT2D eigenvalue weighted by Crippen LogP contribution is -2.20. The highest BCUT2D eigenvalue weighted by atomic mass is 16.3.